The summed E-state index contributed by atoms with van der Waals surface area (Å²) in [5.74, 6) is 3.85. The molecule has 0 nitrogen and oxygen atoms in total. The maximum atomic E-state index is 3.91. The molecule has 0 unspecified atom stereocenters. The van der Waals surface area contributed by atoms with Crippen LogP contribution >= 0.6 is 0 Å². The number of hydrogen-bond acceptors (Lipinski definition) is 0. The second-order valence-electron chi connectivity index (χ2n) is 7.63. The molecule has 0 saturated carbocycles. The summed E-state index contributed by atoms with van der Waals surface area (Å²) in [6.45, 7) is 14.3. The Bertz CT molecular complexity index is 305. The van der Waals surface area contributed by atoms with Crippen molar-refractivity contribution < 1.29 is 0 Å². The number of hydrogen-bond donors (Lipinski definition) is 0. The van der Waals surface area contributed by atoms with Gasteiger partial charge in [0.15, 0.2) is 0 Å². The summed E-state index contributed by atoms with van der Waals surface area (Å²) >= 11 is -2.00. The molecule has 0 bridgehead atoms. The summed E-state index contributed by atoms with van der Waals surface area (Å²) in [6, 6.07) is 4.07. The zero-order valence-electron chi connectivity index (χ0n) is 17.2. The average Bonchev–Trinajstić information content (AvgIpc) is 2.60. The van der Waals surface area contributed by atoms with Gasteiger partial charge in [0.25, 0.3) is 0 Å². The van der Waals surface area contributed by atoms with Crippen LogP contribution < -0.4 is 0 Å². The predicted molar refractivity (Wildman–Crippen MR) is 115 cm³/mol. The number of rotatable bonds is 13. The van der Waals surface area contributed by atoms with Crippen molar-refractivity contribution in [3.8, 4) is 11.5 Å². The van der Waals surface area contributed by atoms with Gasteiger partial charge in [-0.2, -0.15) is 0 Å². The van der Waals surface area contributed by atoms with Crippen molar-refractivity contribution in [3.63, 3.8) is 0 Å². The molecule has 0 spiro atoms. The third-order valence-corrected chi connectivity index (χ3v) is 25.6. The van der Waals surface area contributed by atoms with E-state index in [4.69, 9.17) is 0 Å². The van der Waals surface area contributed by atoms with Crippen molar-refractivity contribution in [2.24, 2.45) is 0 Å². The van der Waals surface area contributed by atoms with E-state index in [-0.39, 0.29) is 0 Å². The SMILES string of the molecule is CCC[CH2][Sn]([CH2]C#C[Si](CC)(CC)CC)([CH2]CCC)[CH2]CCC. The first-order valence-electron chi connectivity index (χ1n) is 10.6. The van der Waals surface area contributed by atoms with E-state index in [2.05, 4.69) is 53.0 Å². The molecule has 0 heterocycles. The topological polar surface area (TPSA) is 0 Å². The molecule has 0 fully saturated rings. The third kappa shape index (κ3) is 9.01. The van der Waals surface area contributed by atoms with Gasteiger partial charge >= 0.3 is 154 Å². The van der Waals surface area contributed by atoms with E-state index < -0.39 is 26.5 Å². The third-order valence-electron chi connectivity index (χ3n) is 6.03. The van der Waals surface area contributed by atoms with Crippen molar-refractivity contribution >= 4 is 26.5 Å². The Kier molecular flexibility index (Phi) is 14.2. The van der Waals surface area contributed by atoms with Gasteiger partial charge in [-0.1, -0.05) is 0 Å². The van der Waals surface area contributed by atoms with Crippen LogP contribution in [0.15, 0.2) is 0 Å². The van der Waals surface area contributed by atoms with Gasteiger partial charge in [0, 0.05) is 0 Å². The van der Waals surface area contributed by atoms with Gasteiger partial charge in [-0.15, -0.1) is 0 Å². The zero-order chi connectivity index (χ0) is 17.6. The molecule has 0 atom stereocenters. The van der Waals surface area contributed by atoms with Crippen molar-refractivity contribution in [3.05, 3.63) is 0 Å². The van der Waals surface area contributed by atoms with Gasteiger partial charge in [-0.05, 0) is 0 Å². The molecule has 2 heteroatoms. The molecule has 136 valence electrons. The van der Waals surface area contributed by atoms with Crippen LogP contribution in [0.25, 0.3) is 0 Å². The van der Waals surface area contributed by atoms with Crippen molar-refractivity contribution in [1.29, 1.82) is 0 Å². The second-order valence-corrected chi connectivity index (χ2v) is 26.4. The summed E-state index contributed by atoms with van der Waals surface area (Å²) in [5, 5.41) is 0. The summed E-state index contributed by atoms with van der Waals surface area (Å²) in [4.78, 5) is 0. The molecule has 0 saturated heterocycles. The molecule has 0 N–H and O–H groups in total. The Morgan fingerprint density at radius 2 is 1.04 bits per heavy atom. The molecule has 0 aromatic rings. The van der Waals surface area contributed by atoms with Crippen LogP contribution in [0.1, 0.15) is 80.1 Å². The molecule has 0 aromatic heterocycles. The Labute approximate surface area is 153 Å². The molecular weight excluding hydrogens is 399 g/mol. The molecule has 0 aliphatic heterocycles. The fourth-order valence-corrected chi connectivity index (χ4v) is 21.2. The van der Waals surface area contributed by atoms with Crippen LogP contribution in [0, 0.1) is 11.5 Å². The molecule has 0 amide bonds. The summed E-state index contributed by atoms with van der Waals surface area (Å²) in [7, 11) is -1.24. The first-order chi connectivity index (χ1) is 11.1. The molecule has 0 radical (unpaired) electrons. The summed E-state index contributed by atoms with van der Waals surface area (Å²) in [5.41, 5.74) is 3.91. The first kappa shape index (κ1) is 23.6. The van der Waals surface area contributed by atoms with Crippen LogP contribution in [0.5, 0.6) is 0 Å². The van der Waals surface area contributed by atoms with Gasteiger partial charge in [0.2, 0.25) is 0 Å². The van der Waals surface area contributed by atoms with Gasteiger partial charge < -0.3 is 0 Å². The fourth-order valence-electron chi connectivity index (χ4n) is 3.73. The molecular formula is C21H44SiSn. The maximum absolute atomic E-state index is 3.91. The van der Waals surface area contributed by atoms with Crippen LogP contribution in [0.3, 0.4) is 0 Å². The molecule has 23 heavy (non-hydrogen) atoms. The minimum atomic E-state index is -2.00. The predicted octanol–water partition coefficient (Wildman–Crippen LogP) is 7.89. The molecule has 0 aliphatic rings. The van der Waals surface area contributed by atoms with E-state index in [1.807, 2.05) is 0 Å². The van der Waals surface area contributed by atoms with Crippen molar-refractivity contribution in [2.75, 3.05) is 0 Å². The number of unbranched alkanes of at least 4 members (excludes halogenated alkanes) is 3. The second kappa shape index (κ2) is 13.8. The normalized spacial score (nSPS) is 12.1. The van der Waals surface area contributed by atoms with E-state index in [0.717, 1.165) is 0 Å². The van der Waals surface area contributed by atoms with E-state index in [1.165, 1.54) is 61.1 Å². The quantitative estimate of drug-likeness (QED) is 0.201. The van der Waals surface area contributed by atoms with Gasteiger partial charge in [0.1, 0.15) is 0 Å². The Morgan fingerprint density at radius 3 is 1.35 bits per heavy atom. The van der Waals surface area contributed by atoms with Gasteiger partial charge in [0.05, 0.1) is 0 Å². The summed E-state index contributed by atoms with van der Waals surface area (Å²) in [6.07, 6.45) is 8.56. The van der Waals surface area contributed by atoms with E-state index in [9.17, 15) is 0 Å². The summed E-state index contributed by atoms with van der Waals surface area (Å²) < 4.78 is 6.21. The average molecular weight is 443 g/mol. The van der Waals surface area contributed by atoms with Crippen molar-refractivity contribution in [2.45, 2.75) is 116 Å². The van der Waals surface area contributed by atoms with Crippen LogP contribution in [-0.4, -0.2) is 26.5 Å². The van der Waals surface area contributed by atoms with Gasteiger partial charge in [-0.25, -0.2) is 0 Å². The Morgan fingerprint density at radius 1 is 0.652 bits per heavy atom. The Balaban J connectivity index is 5.16. The molecule has 0 aliphatic carbocycles. The van der Waals surface area contributed by atoms with Crippen LogP contribution in [0.2, 0.25) is 35.9 Å². The fraction of sp³-hybridized carbons (Fsp3) is 0.905. The molecule has 0 aromatic carbocycles. The van der Waals surface area contributed by atoms with Crippen LogP contribution in [-0.2, 0) is 0 Å². The van der Waals surface area contributed by atoms with Crippen LogP contribution in [0.4, 0.5) is 0 Å². The van der Waals surface area contributed by atoms with E-state index >= 15 is 0 Å². The minimum absolute atomic E-state index is 1.24. The first-order valence-corrected chi connectivity index (χ1v) is 21.3. The zero-order valence-corrected chi connectivity index (χ0v) is 21.0. The standard InChI is InChI=1S/C9H17Si.3C4H9.Sn/c1-5-9-10(6-2,7-3)8-4;3*1-3-4-2;/h1,6-8H2,2-4H3;3*1,3-4H2,2H3;. The van der Waals surface area contributed by atoms with E-state index in [1.54, 1.807) is 13.3 Å². The van der Waals surface area contributed by atoms with Crippen molar-refractivity contribution in [1.82, 2.24) is 0 Å². The monoisotopic (exact) mass is 444 g/mol. The van der Waals surface area contributed by atoms with Gasteiger partial charge in [-0.3, -0.25) is 0 Å². The molecule has 0 rings (SSSR count). The Hall–Kier alpha value is 0.576. The van der Waals surface area contributed by atoms with E-state index in [0.29, 0.717) is 0 Å².